The predicted molar refractivity (Wildman–Crippen MR) is 149 cm³/mol. The number of pyridine rings is 1. The van der Waals surface area contributed by atoms with Gasteiger partial charge in [0.1, 0.15) is 5.56 Å². The Kier molecular flexibility index (Phi) is 6.64. The van der Waals surface area contributed by atoms with Gasteiger partial charge < -0.3 is 15.8 Å². The summed E-state index contributed by atoms with van der Waals surface area (Å²) in [5.74, 6) is 6.06. The molecule has 39 heavy (non-hydrogen) atoms. The smallest absolute Gasteiger partial charge is 0.264 e. The van der Waals surface area contributed by atoms with Crippen molar-refractivity contribution in [1.82, 2.24) is 29.4 Å². The summed E-state index contributed by atoms with van der Waals surface area (Å²) in [6, 6.07) is 16.1. The van der Waals surface area contributed by atoms with Crippen molar-refractivity contribution in [3.8, 4) is 23.4 Å². The summed E-state index contributed by atoms with van der Waals surface area (Å²) in [4.78, 5) is 27.4. The minimum Gasteiger partial charge on any atom is -0.481 e. The lowest BCUT2D eigenvalue weighted by atomic mass is 10.0. The van der Waals surface area contributed by atoms with E-state index in [-0.39, 0.29) is 22.8 Å². The average molecular weight is 522 g/mol. The Morgan fingerprint density at radius 3 is 2.56 bits per heavy atom. The molecule has 1 atom stereocenters. The molecule has 10 nitrogen and oxygen atoms in total. The van der Waals surface area contributed by atoms with E-state index in [0.717, 1.165) is 5.56 Å². The summed E-state index contributed by atoms with van der Waals surface area (Å²) in [5, 5.41) is 12.4. The number of nitrogens with one attached hydrogen (secondary N) is 1. The van der Waals surface area contributed by atoms with Crippen molar-refractivity contribution in [2.75, 3.05) is 12.8 Å². The Hall–Kier alpha value is -5.30. The van der Waals surface area contributed by atoms with Crippen molar-refractivity contribution in [1.29, 1.82) is 0 Å². The van der Waals surface area contributed by atoms with Crippen LogP contribution in [-0.4, -0.2) is 37.1 Å². The molecule has 5 rings (SSSR count). The lowest BCUT2D eigenvalue weighted by molar-refractivity contribution is 0.0936. The standard InChI is InChI=1S/C29H27N7O3/c1-18(32-27(37)25-26(30)33-35(3)29(25)39-4)23-15-21-10-8-9-20(14-13-19-16-31-34(2)17-19)24(21)28(38)36(23)22-11-6-5-7-12-22/h5-12,15-18H,1-4H3,(H2,30,33)(H,32,37)/t18-/m0/s1. The van der Waals surface area contributed by atoms with Gasteiger partial charge in [-0.3, -0.25) is 18.8 Å². The topological polar surface area (TPSA) is 122 Å². The number of hydrogen-bond donors (Lipinski definition) is 2. The van der Waals surface area contributed by atoms with Gasteiger partial charge in [-0.2, -0.15) is 10.2 Å². The van der Waals surface area contributed by atoms with Crippen LogP contribution in [0.25, 0.3) is 16.5 Å². The van der Waals surface area contributed by atoms with Gasteiger partial charge in [-0.05, 0) is 36.6 Å². The number of aryl methyl sites for hydroxylation is 2. The van der Waals surface area contributed by atoms with E-state index < -0.39 is 11.9 Å². The molecule has 0 unspecified atom stereocenters. The molecule has 2 aromatic carbocycles. The minimum atomic E-state index is -0.579. The number of aromatic nitrogens is 5. The Morgan fingerprint density at radius 1 is 1.10 bits per heavy atom. The van der Waals surface area contributed by atoms with E-state index in [1.165, 1.54) is 11.8 Å². The van der Waals surface area contributed by atoms with E-state index in [4.69, 9.17) is 10.5 Å². The van der Waals surface area contributed by atoms with Crippen LogP contribution in [0, 0.1) is 11.8 Å². The van der Waals surface area contributed by atoms with Crippen LogP contribution in [0.15, 0.2) is 71.8 Å². The zero-order chi connectivity index (χ0) is 27.7. The molecule has 0 aliphatic rings. The maximum absolute atomic E-state index is 14.1. The molecule has 0 fully saturated rings. The summed E-state index contributed by atoms with van der Waals surface area (Å²) in [6.45, 7) is 1.81. The molecule has 0 spiro atoms. The van der Waals surface area contributed by atoms with Crippen molar-refractivity contribution < 1.29 is 9.53 Å². The molecule has 3 heterocycles. The van der Waals surface area contributed by atoms with Gasteiger partial charge in [-0.25, -0.2) is 4.68 Å². The number of hydrogen-bond acceptors (Lipinski definition) is 6. The molecule has 10 heteroatoms. The van der Waals surface area contributed by atoms with Gasteiger partial charge >= 0.3 is 0 Å². The predicted octanol–water partition coefficient (Wildman–Crippen LogP) is 2.94. The fourth-order valence-electron chi connectivity index (χ4n) is 4.59. The number of carbonyl (C=O) groups is 1. The third-order valence-corrected chi connectivity index (χ3v) is 6.37. The summed E-state index contributed by atoms with van der Waals surface area (Å²) in [7, 11) is 4.91. The van der Waals surface area contributed by atoms with Gasteiger partial charge in [-0.15, -0.1) is 0 Å². The van der Waals surface area contributed by atoms with Crippen LogP contribution in [0.5, 0.6) is 5.88 Å². The van der Waals surface area contributed by atoms with Gasteiger partial charge in [0.25, 0.3) is 11.5 Å². The quantitative estimate of drug-likeness (QED) is 0.343. The van der Waals surface area contributed by atoms with Crippen LogP contribution in [0.3, 0.4) is 0 Å². The lowest BCUT2D eigenvalue weighted by Crippen LogP contribution is -2.32. The van der Waals surface area contributed by atoms with Crippen LogP contribution in [0.2, 0.25) is 0 Å². The third-order valence-electron chi connectivity index (χ3n) is 6.37. The van der Waals surface area contributed by atoms with E-state index in [9.17, 15) is 9.59 Å². The van der Waals surface area contributed by atoms with E-state index >= 15 is 0 Å². The Labute approximate surface area is 224 Å². The van der Waals surface area contributed by atoms with Gasteiger partial charge in [0.15, 0.2) is 5.82 Å². The first-order valence-electron chi connectivity index (χ1n) is 12.2. The SMILES string of the molecule is COc1c(C(=O)N[C@@H](C)c2cc3cccc(C#Cc4cnn(C)c4)c3c(=O)n2-c2ccccc2)c(N)nn1C. The second-order valence-corrected chi connectivity index (χ2v) is 9.06. The summed E-state index contributed by atoms with van der Waals surface area (Å²) < 4.78 is 10.0. The summed E-state index contributed by atoms with van der Waals surface area (Å²) in [6.07, 6.45) is 3.49. The number of benzene rings is 2. The van der Waals surface area contributed by atoms with Crippen LogP contribution in [-0.2, 0) is 14.1 Å². The third kappa shape index (κ3) is 4.73. The van der Waals surface area contributed by atoms with Crippen LogP contribution in [0.1, 0.15) is 40.1 Å². The van der Waals surface area contributed by atoms with E-state index in [2.05, 4.69) is 27.4 Å². The highest BCUT2D eigenvalue weighted by Gasteiger charge is 2.25. The summed E-state index contributed by atoms with van der Waals surface area (Å²) >= 11 is 0. The van der Waals surface area contributed by atoms with Gasteiger partial charge in [0, 0.05) is 37.2 Å². The molecule has 3 N–H and O–H groups in total. The number of methoxy groups -OCH3 is 1. The van der Waals surface area contributed by atoms with Gasteiger partial charge in [-0.1, -0.05) is 42.2 Å². The van der Waals surface area contributed by atoms with Crippen LogP contribution < -0.4 is 21.3 Å². The highest BCUT2D eigenvalue weighted by molar-refractivity contribution is 6.01. The molecule has 0 saturated heterocycles. The zero-order valence-electron chi connectivity index (χ0n) is 22.0. The molecule has 196 valence electrons. The van der Waals surface area contributed by atoms with Crippen molar-refractivity contribution in [3.05, 3.63) is 99.7 Å². The normalized spacial score (nSPS) is 11.6. The molecular weight excluding hydrogens is 494 g/mol. The second-order valence-electron chi connectivity index (χ2n) is 9.06. The number of para-hydroxylation sites is 1. The Morgan fingerprint density at radius 2 is 1.87 bits per heavy atom. The number of amides is 1. The fraction of sp³-hybridized carbons (Fsp3) is 0.172. The van der Waals surface area contributed by atoms with Gasteiger partial charge in [0.05, 0.1) is 30.3 Å². The molecule has 1 amide bonds. The number of nitrogen functional groups attached to an aromatic ring is 1. The molecule has 0 radical (unpaired) electrons. The number of fused-ring (bicyclic) bond motifs is 1. The Balaban J connectivity index is 1.64. The minimum absolute atomic E-state index is 0.0508. The summed E-state index contributed by atoms with van der Waals surface area (Å²) in [5.41, 5.74) is 8.48. The number of anilines is 1. The molecule has 0 bridgehead atoms. The number of rotatable bonds is 5. The lowest BCUT2D eigenvalue weighted by Gasteiger charge is -2.21. The van der Waals surface area contributed by atoms with E-state index in [1.54, 1.807) is 22.5 Å². The molecule has 0 aliphatic heterocycles. The van der Waals surface area contributed by atoms with Crippen LogP contribution >= 0.6 is 0 Å². The average Bonchev–Trinajstić information content (AvgIpc) is 3.47. The van der Waals surface area contributed by atoms with Crippen molar-refractivity contribution >= 4 is 22.5 Å². The highest BCUT2D eigenvalue weighted by atomic mass is 16.5. The fourth-order valence-corrected chi connectivity index (χ4v) is 4.59. The largest absolute Gasteiger partial charge is 0.481 e. The molecule has 3 aromatic heterocycles. The maximum Gasteiger partial charge on any atom is 0.264 e. The van der Waals surface area contributed by atoms with E-state index in [0.29, 0.717) is 27.7 Å². The highest BCUT2D eigenvalue weighted by Crippen LogP contribution is 2.26. The number of ether oxygens (including phenoxy) is 1. The zero-order valence-corrected chi connectivity index (χ0v) is 22.0. The van der Waals surface area contributed by atoms with Gasteiger partial charge in [0.2, 0.25) is 5.88 Å². The monoisotopic (exact) mass is 521 g/mol. The first kappa shape index (κ1) is 25.4. The first-order chi connectivity index (χ1) is 18.8. The Bertz CT molecular complexity index is 1820. The van der Waals surface area contributed by atoms with E-state index in [1.807, 2.05) is 74.8 Å². The molecule has 0 saturated carbocycles. The molecule has 5 aromatic rings. The van der Waals surface area contributed by atoms with Crippen molar-refractivity contribution in [3.63, 3.8) is 0 Å². The van der Waals surface area contributed by atoms with Crippen LogP contribution in [0.4, 0.5) is 5.82 Å². The van der Waals surface area contributed by atoms with Crippen molar-refractivity contribution in [2.45, 2.75) is 13.0 Å². The van der Waals surface area contributed by atoms with Crippen molar-refractivity contribution in [2.24, 2.45) is 14.1 Å². The first-order valence-corrected chi connectivity index (χ1v) is 12.2. The number of nitrogens with two attached hydrogens (primary N) is 1. The second kappa shape index (κ2) is 10.2. The maximum atomic E-state index is 14.1. The number of nitrogens with zero attached hydrogens (tertiary/aromatic N) is 5. The molecular formula is C29H27N7O3. The molecule has 0 aliphatic carbocycles. The number of carbonyl (C=O) groups excluding carboxylic acids is 1.